The molecule has 6 nitrogen and oxygen atoms in total. The van der Waals surface area contributed by atoms with Crippen LogP contribution in [-0.4, -0.2) is 30.4 Å². The third-order valence-corrected chi connectivity index (χ3v) is 3.91. The van der Waals surface area contributed by atoms with Crippen molar-refractivity contribution < 1.29 is 19.4 Å². The van der Waals surface area contributed by atoms with E-state index in [4.69, 9.17) is 9.47 Å². The first-order chi connectivity index (χ1) is 12.4. The Morgan fingerprint density at radius 2 is 2.00 bits per heavy atom. The first-order valence-electron chi connectivity index (χ1n) is 8.08. The minimum absolute atomic E-state index is 0.0421. The minimum Gasteiger partial charge on any atom is -0.504 e. The zero-order valence-electron chi connectivity index (χ0n) is 14.9. The van der Waals surface area contributed by atoms with Gasteiger partial charge in [-0.3, -0.25) is 4.79 Å². The number of phenolic OH excluding ortho intramolecular Hbond substituents is 1. The van der Waals surface area contributed by atoms with Crippen LogP contribution in [0.15, 0.2) is 39.9 Å². The number of carbonyl (C=O) groups excluding carboxylic acids is 1. The summed E-state index contributed by atoms with van der Waals surface area (Å²) in [4.78, 5) is 11.9. The zero-order chi connectivity index (χ0) is 19.1. The number of hydrazone groups is 1. The molecule has 1 amide bonds. The fourth-order valence-corrected chi connectivity index (χ4v) is 2.72. The highest BCUT2D eigenvalue weighted by Crippen LogP contribution is 2.32. The summed E-state index contributed by atoms with van der Waals surface area (Å²) in [5, 5.41) is 14.0. The molecule has 0 aromatic heterocycles. The zero-order valence-corrected chi connectivity index (χ0v) is 16.5. The Morgan fingerprint density at radius 1 is 1.23 bits per heavy atom. The number of hydrogen-bond donors (Lipinski definition) is 2. The van der Waals surface area contributed by atoms with Crippen LogP contribution >= 0.6 is 15.9 Å². The second-order valence-corrected chi connectivity index (χ2v) is 6.54. The fourth-order valence-electron chi connectivity index (χ4n) is 2.27. The van der Waals surface area contributed by atoms with E-state index in [1.807, 2.05) is 39.0 Å². The lowest BCUT2D eigenvalue weighted by Gasteiger charge is -2.09. The summed E-state index contributed by atoms with van der Waals surface area (Å²) in [7, 11) is 0. The third-order valence-electron chi connectivity index (χ3n) is 3.45. The highest BCUT2D eigenvalue weighted by atomic mass is 79.9. The van der Waals surface area contributed by atoms with Crippen molar-refractivity contribution in [3.8, 4) is 17.2 Å². The van der Waals surface area contributed by atoms with Crippen molar-refractivity contribution in [3.63, 3.8) is 0 Å². The summed E-state index contributed by atoms with van der Waals surface area (Å²) in [6.07, 6.45) is 1.34. The van der Waals surface area contributed by atoms with E-state index in [9.17, 15) is 9.90 Å². The van der Waals surface area contributed by atoms with E-state index in [-0.39, 0.29) is 12.4 Å². The van der Waals surface area contributed by atoms with Gasteiger partial charge in [-0.25, -0.2) is 5.43 Å². The minimum atomic E-state index is -0.402. The lowest BCUT2D eigenvalue weighted by Crippen LogP contribution is -2.24. The molecule has 0 fully saturated rings. The SMILES string of the molecule is CCOc1cc(Br)cc(/C=N\NC(=O)COc2ccc(C)cc2C)c1O. The van der Waals surface area contributed by atoms with Gasteiger partial charge in [0.25, 0.3) is 5.91 Å². The van der Waals surface area contributed by atoms with Crippen molar-refractivity contribution in [2.75, 3.05) is 13.2 Å². The molecule has 0 saturated heterocycles. The number of nitrogens with zero attached hydrogens (tertiary/aromatic N) is 1. The average Bonchev–Trinajstić information content (AvgIpc) is 2.58. The second kappa shape index (κ2) is 9.24. The lowest BCUT2D eigenvalue weighted by atomic mass is 10.1. The van der Waals surface area contributed by atoms with Crippen molar-refractivity contribution >= 4 is 28.1 Å². The molecule has 0 unspecified atom stereocenters. The maximum absolute atomic E-state index is 11.9. The van der Waals surface area contributed by atoms with E-state index < -0.39 is 5.91 Å². The Balaban J connectivity index is 1.94. The van der Waals surface area contributed by atoms with E-state index in [0.717, 1.165) is 15.6 Å². The van der Waals surface area contributed by atoms with Gasteiger partial charge < -0.3 is 14.6 Å². The number of ether oxygens (including phenoxy) is 2. The molecule has 2 aromatic carbocycles. The van der Waals surface area contributed by atoms with Crippen LogP contribution in [0.5, 0.6) is 17.2 Å². The lowest BCUT2D eigenvalue weighted by molar-refractivity contribution is -0.123. The highest BCUT2D eigenvalue weighted by Gasteiger charge is 2.09. The molecule has 2 N–H and O–H groups in total. The quantitative estimate of drug-likeness (QED) is 0.528. The van der Waals surface area contributed by atoms with Crippen molar-refractivity contribution in [2.45, 2.75) is 20.8 Å². The number of aromatic hydroxyl groups is 1. The number of phenols is 1. The molecule has 0 radical (unpaired) electrons. The van der Waals surface area contributed by atoms with E-state index in [1.165, 1.54) is 6.21 Å². The first kappa shape index (κ1) is 19.8. The molecule has 0 heterocycles. The number of nitrogens with one attached hydrogen (secondary N) is 1. The normalized spacial score (nSPS) is 10.8. The molecule has 26 heavy (non-hydrogen) atoms. The van der Waals surface area contributed by atoms with Gasteiger partial charge in [-0.2, -0.15) is 5.10 Å². The summed E-state index contributed by atoms with van der Waals surface area (Å²) in [6, 6.07) is 9.06. The average molecular weight is 421 g/mol. The van der Waals surface area contributed by atoms with E-state index in [2.05, 4.69) is 26.5 Å². The molecule has 0 aliphatic rings. The van der Waals surface area contributed by atoms with Crippen molar-refractivity contribution in [1.29, 1.82) is 0 Å². The molecular formula is C19H21BrN2O4. The predicted molar refractivity (Wildman–Crippen MR) is 104 cm³/mol. The van der Waals surface area contributed by atoms with Gasteiger partial charge in [0.2, 0.25) is 0 Å². The van der Waals surface area contributed by atoms with Crippen LogP contribution < -0.4 is 14.9 Å². The summed E-state index contributed by atoms with van der Waals surface area (Å²) in [5.74, 6) is 0.550. The van der Waals surface area contributed by atoms with E-state index in [0.29, 0.717) is 23.7 Å². The van der Waals surface area contributed by atoms with E-state index in [1.54, 1.807) is 12.1 Å². The Bertz CT molecular complexity index is 821. The molecule has 2 rings (SSSR count). The number of hydrogen-bond acceptors (Lipinski definition) is 5. The van der Waals surface area contributed by atoms with Crippen LogP contribution in [0.4, 0.5) is 0 Å². The maximum atomic E-state index is 11.9. The predicted octanol–water partition coefficient (Wildman–Crippen LogP) is 3.70. The summed E-state index contributed by atoms with van der Waals surface area (Å²) < 4.78 is 11.6. The van der Waals surface area contributed by atoms with Gasteiger partial charge in [-0.15, -0.1) is 0 Å². The number of rotatable bonds is 7. The van der Waals surface area contributed by atoms with Crippen molar-refractivity contribution in [3.05, 3.63) is 51.5 Å². The second-order valence-electron chi connectivity index (χ2n) is 5.63. The van der Waals surface area contributed by atoms with Gasteiger partial charge in [0, 0.05) is 10.0 Å². The molecule has 2 aromatic rings. The molecule has 7 heteroatoms. The number of carbonyl (C=O) groups is 1. The third kappa shape index (κ3) is 5.49. The highest BCUT2D eigenvalue weighted by molar-refractivity contribution is 9.10. The van der Waals surface area contributed by atoms with Gasteiger partial charge in [0.05, 0.1) is 12.8 Å². The van der Waals surface area contributed by atoms with Crippen LogP contribution in [0.2, 0.25) is 0 Å². The largest absolute Gasteiger partial charge is 0.504 e. The van der Waals surface area contributed by atoms with Crippen LogP contribution in [0, 0.1) is 13.8 Å². The monoisotopic (exact) mass is 420 g/mol. The smallest absolute Gasteiger partial charge is 0.277 e. The summed E-state index contributed by atoms with van der Waals surface area (Å²) in [5.41, 5.74) is 4.87. The Morgan fingerprint density at radius 3 is 2.69 bits per heavy atom. The summed E-state index contributed by atoms with van der Waals surface area (Å²) >= 11 is 3.34. The Labute approximate surface area is 161 Å². The first-order valence-corrected chi connectivity index (χ1v) is 8.87. The molecular weight excluding hydrogens is 400 g/mol. The van der Waals surface area contributed by atoms with Crippen LogP contribution in [0.25, 0.3) is 0 Å². The summed E-state index contributed by atoms with van der Waals surface area (Å²) in [6.45, 7) is 6.00. The van der Waals surface area contributed by atoms with Crippen LogP contribution in [0.1, 0.15) is 23.6 Å². The topological polar surface area (TPSA) is 80.2 Å². The van der Waals surface area contributed by atoms with Crippen LogP contribution in [-0.2, 0) is 4.79 Å². The molecule has 138 valence electrons. The van der Waals surface area contributed by atoms with Gasteiger partial charge in [-0.1, -0.05) is 33.6 Å². The van der Waals surface area contributed by atoms with Gasteiger partial charge in [-0.05, 0) is 44.5 Å². The molecule has 0 atom stereocenters. The van der Waals surface area contributed by atoms with Gasteiger partial charge >= 0.3 is 0 Å². The maximum Gasteiger partial charge on any atom is 0.277 e. The molecule has 0 aliphatic carbocycles. The molecule has 0 bridgehead atoms. The Hall–Kier alpha value is -2.54. The van der Waals surface area contributed by atoms with E-state index >= 15 is 0 Å². The number of benzene rings is 2. The number of halogens is 1. The fraction of sp³-hybridized carbons (Fsp3) is 0.263. The van der Waals surface area contributed by atoms with Crippen molar-refractivity contribution in [1.82, 2.24) is 5.43 Å². The standard InChI is InChI=1S/C19H21BrN2O4/c1-4-25-17-9-15(20)8-14(19(17)24)10-21-22-18(23)11-26-16-6-5-12(2)7-13(16)3/h5-10,24H,4,11H2,1-3H3,(H,22,23)/b21-10-. The Kier molecular flexibility index (Phi) is 7.03. The number of aryl methyl sites for hydroxylation is 2. The molecule has 0 saturated carbocycles. The van der Waals surface area contributed by atoms with Crippen molar-refractivity contribution in [2.24, 2.45) is 5.10 Å². The van der Waals surface area contributed by atoms with Gasteiger partial charge in [0.1, 0.15) is 5.75 Å². The molecule has 0 aliphatic heterocycles. The van der Waals surface area contributed by atoms with Gasteiger partial charge in [0.15, 0.2) is 18.1 Å². The van der Waals surface area contributed by atoms with Crippen LogP contribution in [0.3, 0.4) is 0 Å². The molecule has 0 spiro atoms. The number of amides is 1.